The van der Waals surface area contributed by atoms with Crippen LogP contribution < -0.4 is 11.3 Å². The summed E-state index contributed by atoms with van der Waals surface area (Å²) in [6.07, 6.45) is 8.18. The fourth-order valence-electron chi connectivity index (χ4n) is 6.09. The number of rotatable bonds is 3. The summed E-state index contributed by atoms with van der Waals surface area (Å²) >= 11 is 0. The maximum atomic E-state index is 13.4. The van der Waals surface area contributed by atoms with Gasteiger partial charge in [0.15, 0.2) is 0 Å². The first-order chi connectivity index (χ1) is 10.1. The van der Waals surface area contributed by atoms with E-state index in [0.717, 1.165) is 23.3 Å². The molecule has 4 saturated carbocycles. The lowest BCUT2D eigenvalue weighted by molar-refractivity contribution is -0.0750. The van der Waals surface area contributed by atoms with E-state index in [4.69, 9.17) is 5.84 Å². The van der Waals surface area contributed by atoms with Gasteiger partial charge in [-0.1, -0.05) is 6.07 Å². The van der Waals surface area contributed by atoms with Crippen molar-refractivity contribution in [3.05, 3.63) is 35.1 Å². The van der Waals surface area contributed by atoms with Gasteiger partial charge in [0.2, 0.25) is 0 Å². The third-order valence-corrected chi connectivity index (χ3v) is 6.41. The molecule has 3 N–H and O–H groups in total. The molecule has 4 bridgehead atoms. The first-order valence-corrected chi connectivity index (χ1v) is 8.32. The van der Waals surface area contributed by atoms with Crippen molar-refractivity contribution < 1.29 is 4.39 Å². The van der Waals surface area contributed by atoms with E-state index in [1.54, 1.807) is 12.1 Å². The van der Waals surface area contributed by atoms with Gasteiger partial charge in [0.25, 0.3) is 0 Å². The monoisotopic (exact) mass is 288 g/mol. The van der Waals surface area contributed by atoms with Crippen molar-refractivity contribution in [1.29, 1.82) is 0 Å². The standard InChI is InChI=1S/C18H25FN2/c1-11-4-15(19)2-3-16(11)17(21-20)18-8-12-5-13(9-18)7-14(6-12)10-18/h2-4,12-14,17,21H,5-10,20H2,1H3. The number of nitrogens with two attached hydrogens (primary N) is 1. The molecule has 3 heteroatoms. The van der Waals surface area contributed by atoms with Crippen molar-refractivity contribution in [2.45, 2.75) is 51.5 Å². The summed E-state index contributed by atoms with van der Waals surface area (Å²) < 4.78 is 13.4. The lowest BCUT2D eigenvalue weighted by Crippen LogP contribution is -2.53. The average Bonchev–Trinajstić information content (AvgIpc) is 2.40. The van der Waals surface area contributed by atoms with E-state index < -0.39 is 0 Å². The highest BCUT2D eigenvalue weighted by Gasteiger charge is 2.54. The van der Waals surface area contributed by atoms with Crippen LogP contribution in [-0.2, 0) is 0 Å². The van der Waals surface area contributed by atoms with E-state index in [1.165, 1.54) is 44.1 Å². The van der Waals surface area contributed by atoms with Crippen molar-refractivity contribution in [3.8, 4) is 0 Å². The molecule has 0 amide bonds. The van der Waals surface area contributed by atoms with Crippen LogP contribution in [0.15, 0.2) is 18.2 Å². The summed E-state index contributed by atoms with van der Waals surface area (Å²) in [6.45, 7) is 2.00. The quantitative estimate of drug-likeness (QED) is 0.655. The molecule has 5 rings (SSSR count). The zero-order valence-electron chi connectivity index (χ0n) is 12.7. The molecular formula is C18H25FN2. The van der Waals surface area contributed by atoms with Crippen LogP contribution in [-0.4, -0.2) is 0 Å². The molecule has 0 heterocycles. The normalized spacial score (nSPS) is 38.7. The number of hydrazine groups is 1. The van der Waals surface area contributed by atoms with Gasteiger partial charge in [-0.15, -0.1) is 0 Å². The smallest absolute Gasteiger partial charge is 0.123 e. The molecule has 4 aliphatic rings. The molecule has 0 saturated heterocycles. The Hall–Kier alpha value is -0.930. The number of halogens is 1. The van der Waals surface area contributed by atoms with Crippen LogP contribution in [0.25, 0.3) is 0 Å². The van der Waals surface area contributed by atoms with Gasteiger partial charge in [0, 0.05) is 0 Å². The van der Waals surface area contributed by atoms with Crippen molar-refractivity contribution in [3.63, 3.8) is 0 Å². The van der Waals surface area contributed by atoms with E-state index in [2.05, 4.69) is 5.43 Å². The van der Waals surface area contributed by atoms with Crippen LogP contribution in [0.1, 0.15) is 55.7 Å². The minimum atomic E-state index is -0.155. The van der Waals surface area contributed by atoms with Crippen molar-refractivity contribution in [2.75, 3.05) is 0 Å². The molecule has 2 nitrogen and oxygen atoms in total. The first-order valence-electron chi connectivity index (χ1n) is 8.32. The van der Waals surface area contributed by atoms with E-state index >= 15 is 0 Å². The van der Waals surface area contributed by atoms with Crippen LogP contribution in [0.4, 0.5) is 4.39 Å². The van der Waals surface area contributed by atoms with E-state index in [0.29, 0.717) is 5.41 Å². The number of aryl methyl sites for hydroxylation is 1. The van der Waals surface area contributed by atoms with Gasteiger partial charge in [-0.2, -0.15) is 0 Å². The Morgan fingerprint density at radius 3 is 2.19 bits per heavy atom. The summed E-state index contributed by atoms with van der Waals surface area (Å²) in [7, 11) is 0. The zero-order valence-corrected chi connectivity index (χ0v) is 12.7. The van der Waals surface area contributed by atoms with Gasteiger partial charge in [-0.3, -0.25) is 11.3 Å². The third-order valence-electron chi connectivity index (χ3n) is 6.41. The second-order valence-electron chi connectivity index (χ2n) is 7.88. The number of nitrogens with one attached hydrogen (secondary N) is 1. The fraction of sp³-hybridized carbons (Fsp3) is 0.667. The predicted octanol–water partition coefficient (Wildman–Crippen LogP) is 3.85. The van der Waals surface area contributed by atoms with Gasteiger partial charge in [-0.25, -0.2) is 4.39 Å². The van der Waals surface area contributed by atoms with Crippen molar-refractivity contribution in [1.82, 2.24) is 5.43 Å². The Balaban J connectivity index is 1.72. The van der Waals surface area contributed by atoms with Crippen molar-refractivity contribution in [2.24, 2.45) is 29.0 Å². The summed E-state index contributed by atoms with van der Waals surface area (Å²) in [4.78, 5) is 0. The molecule has 0 aliphatic heterocycles. The Bertz CT molecular complexity index is 519. The van der Waals surface area contributed by atoms with Crippen LogP contribution in [0, 0.1) is 35.9 Å². The molecule has 0 spiro atoms. The maximum absolute atomic E-state index is 13.4. The Kier molecular flexibility index (Phi) is 3.13. The van der Waals surface area contributed by atoms with Gasteiger partial charge in [0.05, 0.1) is 6.04 Å². The van der Waals surface area contributed by atoms with Crippen LogP contribution in [0.3, 0.4) is 0 Å². The lowest BCUT2D eigenvalue weighted by atomic mass is 9.47. The molecule has 1 aromatic rings. The molecule has 4 fully saturated rings. The summed E-state index contributed by atoms with van der Waals surface area (Å²) in [5.74, 6) is 8.52. The molecule has 21 heavy (non-hydrogen) atoms. The number of hydrogen-bond acceptors (Lipinski definition) is 2. The lowest BCUT2D eigenvalue weighted by Gasteiger charge is -2.59. The third kappa shape index (κ3) is 2.13. The molecular weight excluding hydrogens is 263 g/mol. The SMILES string of the molecule is Cc1cc(F)ccc1C(NN)C12CC3CC(CC(C3)C1)C2. The minimum absolute atomic E-state index is 0.155. The molecule has 0 aromatic heterocycles. The van der Waals surface area contributed by atoms with E-state index in [1.807, 2.05) is 13.0 Å². The molecule has 114 valence electrons. The molecule has 1 aromatic carbocycles. The summed E-state index contributed by atoms with van der Waals surface area (Å²) in [5, 5.41) is 0. The molecule has 4 aliphatic carbocycles. The van der Waals surface area contributed by atoms with E-state index in [9.17, 15) is 4.39 Å². The number of benzene rings is 1. The summed E-state index contributed by atoms with van der Waals surface area (Å²) in [6, 6.07) is 5.33. The topological polar surface area (TPSA) is 38.0 Å². The van der Waals surface area contributed by atoms with Crippen molar-refractivity contribution >= 4 is 0 Å². The second-order valence-corrected chi connectivity index (χ2v) is 7.88. The maximum Gasteiger partial charge on any atom is 0.123 e. The predicted molar refractivity (Wildman–Crippen MR) is 81.8 cm³/mol. The van der Waals surface area contributed by atoms with Gasteiger partial charge in [0.1, 0.15) is 5.82 Å². The fourth-order valence-corrected chi connectivity index (χ4v) is 6.09. The molecule has 1 atom stereocenters. The highest BCUT2D eigenvalue weighted by molar-refractivity contribution is 5.32. The van der Waals surface area contributed by atoms with Gasteiger partial charge >= 0.3 is 0 Å². The Morgan fingerprint density at radius 1 is 1.14 bits per heavy atom. The largest absolute Gasteiger partial charge is 0.271 e. The minimum Gasteiger partial charge on any atom is -0.271 e. The molecule has 0 radical (unpaired) electrons. The van der Waals surface area contributed by atoms with Gasteiger partial charge in [-0.05, 0) is 91.9 Å². The average molecular weight is 288 g/mol. The molecule has 1 unspecified atom stereocenters. The number of hydrogen-bond donors (Lipinski definition) is 2. The first kappa shape index (κ1) is 13.7. The highest BCUT2D eigenvalue weighted by Crippen LogP contribution is 2.64. The summed E-state index contributed by atoms with van der Waals surface area (Å²) in [5.41, 5.74) is 5.63. The Labute approximate surface area is 126 Å². The van der Waals surface area contributed by atoms with Gasteiger partial charge < -0.3 is 0 Å². The highest BCUT2D eigenvalue weighted by atomic mass is 19.1. The van der Waals surface area contributed by atoms with Crippen LogP contribution in [0.5, 0.6) is 0 Å². The Morgan fingerprint density at radius 2 is 1.71 bits per heavy atom. The van der Waals surface area contributed by atoms with Crippen LogP contribution in [0.2, 0.25) is 0 Å². The zero-order chi connectivity index (χ0) is 14.6. The second kappa shape index (κ2) is 4.79. The van der Waals surface area contributed by atoms with E-state index in [-0.39, 0.29) is 11.9 Å². The van der Waals surface area contributed by atoms with Crippen LogP contribution >= 0.6 is 0 Å².